The van der Waals surface area contributed by atoms with E-state index in [1.165, 1.54) is 6.08 Å². The highest BCUT2D eigenvalue weighted by molar-refractivity contribution is 4.62. The van der Waals surface area contributed by atoms with Crippen LogP contribution in [0.3, 0.4) is 0 Å². The molecule has 0 aliphatic carbocycles. The summed E-state index contributed by atoms with van der Waals surface area (Å²) in [5.41, 5.74) is 0. The Morgan fingerprint density at radius 3 is 2.20 bits per heavy atom. The van der Waals surface area contributed by atoms with E-state index in [9.17, 15) is 0 Å². The second-order valence-corrected chi connectivity index (χ2v) is 2.39. The molecule has 6 heteroatoms. The Morgan fingerprint density at radius 2 is 1.87 bits per heavy atom. The lowest BCUT2D eigenvalue weighted by Gasteiger charge is -2.05. The summed E-state index contributed by atoms with van der Waals surface area (Å²) >= 11 is 0. The van der Waals surface area contributed by atoms with Crippen LogP contribution in [0.25, 0.3) is 0 Å². The van der Waals surface area contributed by atoms with E-state index in [4.69, 9.17) is 10.2 Å². The van der Waals surface area contributed by atoms with Gasteiger partial charge in [-0.1, -0.05) is 6.08 Å². The van der Waals surface area contributed by atoms with E-state index in [0.717, 1.165) is 0 Å². The Balaban J connectivity index is 0. The monoisotopic (exact) mass is 224 g/mol. The van der Waals surface area contributed by atoms with Crippen LogP contribution in [0.4, 0.5) is 0 Å². The number of methoxy groups -OCH3 is 2. The second kappa shape index (κ2) is 15.9. The van der Waals surface area contributed by atoms with Crippen molar-refractivity contribution in [2.75, 3.05) is 40.8 Å². The Morgan fingerprint density at radius 1 is 1.27 bits per heavy atom. The van der Waals surface area contributed by atoms with Gasteiger partial charge in [0.1, 0.15) is 26.1 Å². The molecule has 0 heterocycles. The first-order valence-electron chi connectivity index (χ1n) is 4.35. The normalized spacial score (nSPS) is 11.5. The summed E-state index contributed by atoms with van der Waals surface area (Å²) in [5, 5.41) is 17.0. The van der Waals surface area contributed by atoms with Gasteiger partial charge in [-0.2, -0.15) is 0 Å². The van der Waals surface area contributed by atoms with Gasteiger partial charge >= 0.3 is 0 Å². The number of hydrogen-bond acceptors (Lipinski definition) is 6. The van der Waals surface area contributed by atoms with Gasteiger partial charge in [-0.3, -0.25) is 0 Å². The van der Waals surface area contributed by atoms with E-state index >= 15 is 0 Å². The summed E-state index contributed by atoms with van der Waals surface area (Å²) < 4.78 is 8.94. The molecule has 0 amide bonds. The van der Waals surface area contributed by atoms with Gasteiger partial charge in [-0.15, -0.1) is 6.58 Å². The van der Waals surface area contributed by atoms with Gasteiger partial charge in [0.15, 0.2) is 0 Å². The molecule has 0 aliphatic rings. The first-order chi connectivity index (χ1) is 7.22. The van der Waals surface area contributed by atoms with Crippen LogP contribution in [0.1, 0.15) is 0 Å². The molecule has 0 aromatic rings. The number of hydrogen-bond donors (Lipinski definition) is 2. The van der Waals surface area contributed by atoms with E-state index < -0.39 is 6.10 Å². The molecule has 15 heavy (non-hydrogen) atoms. The Labute approximate surface area is 89.9 Å². The number of aliphatic hydroxyl groups excluding tert-OH is 2. The van der Waals surface area contributed by atoms with E-state index in [1.807, 2.05) is 0 Å². The van der Waals surface area contributed by atoms with Crippen molar-refractivity contribution in [3.05, 3.63) is 12.7 Å². The second-order valence-electron chi connectivity index (χ2n) is 2.39. The lowest BCUT2D eigenvalue weighted by atomic mass is 10.4. The first kappa shape index (κ1) is 16.9. The summed E-state index contributed by atoms with van der Waals surface area (Å²) in [6.45, 7) is 3.70. The summed E-state index contributed by atoms with van der Waals surface area (Å²) in [7, 11) is 3.17. The molecule has 0 rings (SSSR count). The smallest absolute Gasteiger partial charge is 0.145 e. The number of aliphatic hydroxyl groups is 2. The SMILES string of the molecule is C=CCOOCC(O)CO.COCOC. The fraction of sp³-hybridized carbons (Fsp3) is 0.778. The highest BCUT2D eigenvalue weighted by Gasteiger charge is 2.00. The van der Waals surface area contributed by atoms with Crippen LogP contribution in [0.2, 0.25) is 0 Å². The predicted molar refractivity (Wildman–Crippen MR) is 54.1 cm³/mol. The van der Waals surface area contributed by atoms with Gasteiger partial charge in [0, 0.05) is 14.2 Å². The molecule has 1 atom stereocenters. The minimum absolute atomic E-state index is 0.0235. The van der Waals surface area contributed by atoms with Gasteiger partial charge in [-0.25, -0.2) is 9.78 Å². The van der Waals surface area contributed by atoms with Crippen LogP contribution in [-0.2, 0) is 19.2 Å². The predicted octanol–water partition coefficient (Wildman–Crippen LogP) is -0.290. The maximum Gasteiger partial charge on any atom is 0.145 e. The molecule has 6 nitrogen and oxygen atoms in total. The standard InChI is InChI=1S/C6H12O4.C3H8O2/c1-2-3-9-10-5-6(8)4-7;1-4-3-5-2/h2,6-8H,1,3-5H2;3H2,1-2H3. The third-order valence-corrected chi connectivity index (χ3v) is 0.976. The van der Waals surface area contributed by atoms with E-state index in [1.54, 1.807) is 14.2 Å². The molecular formula is C9H20O6. The molecule has 0 saturated heterocycles. The molecule has 0 aliphatic heterocycles. The quantitative estimate of drug-likeness (QED) is 0.194. The molecule has 1 unspecified atom stereocenters. The summed E-state index contributed by atoms with van der Waals surface area (Å²) in [6.07, 6.45) is 0.649. The Kier molecular flexibility index (Phi) is 18.0. The molecule has 0 saturated carbocycles. The lowest BCUT2D eigenvalue weighted by Crippen LogP contribution is -2.19. The lowest BCUT2D eigenvalue weighted by molar-refractivity contribution is -0.298. The van der Waals surface area contributed by atoms with E-state index in [-0.39, 0.29) is 19.8 Å². The number of rotatable bonds is 8. The zero-order chi connectivity index (χ0) is 11.9. The van der Waals surface area contributed by atoms with Gasteiger partial charge in [-0.05, 0) is 0 Å². The van der Waals surface area contributed by atoms with Crippen molar-refractivity contribution in [3.8, 4) is 0 Å². The third-order valence-electron chi connectivity index (χ3n) is 0.976. The van der Waals surface area contributed by atoms with Crippen LogP contribution in [-0.4, -0.2) is 57.2 Å². The molecule has 0 bridgehead atoms. The molecular weight excluding hydrogens is 204 g/mol. The van der Waals surface area contributed by atoms with Crippen molar-refractivity contribution >= 4 is 0 Å². The van der Waals surface area contributed by atoms with Crippen LogP contribution in [0, 0.1) is 0 Å². The topological polar surface area (TPSA) is 77.4 Å². The van der Waals surface area contributed by atoms with Crippen molar-refractivity contribution in [3.63, 3.8) is 0 Å². The van der Waals surface area contributed by atoms with Crippen LogP contribution in [0.5, 0.6) is 0 Å². The average Bonchev–Trinajstić information content (AvgIpc) is 2.26. The van der Waals surface area contributed by atoms with Crippen molar-refractivity contribution in [1.82, 2.24) is 0 Å². The van der Waals surface area contributed by atoms with Gasteiger partial charge in [0.05, 0.1) is 6.61 Å². The van der Waals surface area contributed by atoms with Crippen LogP contribution >= 0.6 is 0 Å². The molecule has 0 spiro atoms. The van der Waals surface area contributed by atoms with Gasteiger partial charge in [0.2, 0.25) is 0 Å². The van der Waals surface area contributed by atoms with Crippen molar-refractivity contribution < 1.29 is 29.5 Å². The molecule has 0 aromatic heterocycles. The molecule has 0 radical (unpaired) electrons. The maximum atomic E-state index is 8.68. The summed E-state index contributed by atoms with van der Waals surface area (Å²) in [5.74, 6) is 0. The highest BCUT2D eigenvalue weighted by Crippen LogP contribution is 1.84. The molecule has 0 aromatic carbocycles. The van der Waals surface area contributed by atoms with Crippen molar-refractivity contribution in [1.29, 1.82) is 0 Å². The summed E-state index contributed by atoms with van der Waals surface area (Å²) in [6, 6.07) is 0. The van der Waals surface area contributed by atoms with Crippen molar-refractivity contribution in [2.24, 2.45) is 0 Å². The fourth-order valence-electron chi connectivity index (χ4n) is 0.393. The number of ether oxygens (including phenoxy) is 2. The largest absolute Gasteiger partial charge is 0.394 e. The molecule has 2 N–H and O–H groups in total. The minimum atomic E-state index is -0.871. The third kappa shape index (κ3) is 19.8. The minimum Gasteiger partial charge on any atom is -0.394 e. The fourth-order valence-corrected chi connectivity index (χ4v) is 0.393. The van der Waals surface area contributed by atoms with Gasteiger partial charge < -0.3 is 19.7 Å². The highest BCUT2D eigenvalue weighted by atomic mass is 17.2. The summed E-state index contributed by atoms with van der Waals surface area (Å²) in [4.78, 5) is 8.91. The maximum absolute atomic E-state index is 8.68. The Hall–Kier alpha value is -0.500. The van der Waals surface area contributed by atoms with E-state index in [2.05, 4.69) is 25.8 Å². The average molecular weight is 224 g/mol. The zero-order valence-corrected chi connectivity index (χ0v) is 9.22. The van der Waals surface area contributed by atoms with Crippen LogP contribution in [0.15, 0.2) is 12.7 Å². The first-order valence-corrected chi connectivity index (χ1v) is 4.35. The Bertz CT molecular complexity index is 117. The molecule has 92 valence electrons. The van der Waals surface area contributed by atoms with Gasteiger partial charge in [0.25, 0.3) is 0 Å². The van der Waals surface area contributed by atoms with Crippen LogP contribution < -0.4 is 0 Å². The zero-order valence-electron chi connectivity index (χ0n) is 9.22. The van der Waals surface area contributed by atoms with E-state index in [0.29, 0.717) is 6.79 Å². The molecule has 0 fully saturated rings. The van der Waals surface area contributed by atoms with Crippen molar-refractivity contribution in [2.45, 2.75) is 6.10 Å².